The average Bonchev–Trinajstić information content (AvgIpc) is 2.82. The van der Waals surface area contributed by atoms with Gasteiger partial charge in [0.05, 0.1) is 9.95 Å². The van der Waals surface area contributed by atoms with Crippen molar-refractivity contribution in [2.24, 2.45) is 0 Å². The van der Waals surface area contributed by atoms with Crippen LogP contribution in [-0.4, -0.2) is 27.2 Å². The van der Waals surface area contributed by atoms with Gasteiger partial charge in [-0.1, -0.05) is 11.6 Å². The molecule has 0 saturated heterocycles. The van der Waals surface area contributed by atoms with Gasteiger partial charge >= 0.3 is 0 Å². The molecule has 10 heteroatoms. The van der Waals surface area contributed by atoms with Gasteiger partial charge in [0, 0.05) is 30.2 Å². The fourth-order valence-corrected chi connectivity index (χ4v) is 2.51. The SMILES string of the molecule is CNc1c(Cl)cc(C(=O)Nc2nc(C)ns2)cc1[N+](=O)[O-]. The number of nitro benzene ring substituents is 1. The first kappa shape index (κ1) is 15.1. The third-order valence-corrected chi connectivity index (χ3v) is 3.55. The van der Waals surface area contributed by atoms with Crippen molar-refractivity contribution < 1.29 is 9.72 Å². The maximum Gasteiger partial charge on any atom is 0.294 e. The second-order valence-corrected chi connectivity index (χ2v) is 5.12. The summed E-state index contributed by atoms with van der Waals surface area (Å²) in [6.45, 7) is 1.69. The molecule has 0 aliphatic heterocycles. The van der Waals surface area contributed by atoms with Crippen molar-refractivity contribution in [1.29, 1.82) is 0 Å². The Morgan fingerprint density at radius 2 is 2.19 bits per heavy atom. The fourth-order valence-electron chi connectivity index (χ4n) is 1.63. The summed E-state index contributed by atoms with van der Waals surface area (Å²) in [5, 5.41) is 16.6. The van der Waals surface area contributed by atoms with Crippen molar-refractivity contribution >= 4 is 45.5 Å². The minimum atomic E-state index is -0.608. The Morgan fingerprint density at radius 1 is 1.48 bits per heavy atom. The fraction of sp³-hybridized carbons (Fsp3) is 0.182. The van der Waals surface area contributed by atoms with E-state index in [1.54, 1.807) is 6.92 Å². The van der Waals surface area contributed by atoms with Crippen LogP contribution in [0.1, 0.15) is 16.2 Å². The van der Waals surface area contributed by atoms with Crippen LogP contribution in [0.25, 0.3) is 0 Å². The van der Waals surface area contributed by atoms with Crippen molar-refractivity contribution in [1.82, 2.24) is 9.36 Å². The normalized spacial score (nSPS) is 10.2. The van der Waals surface area contributed by atoms with E-state index >= 15 is 0 Å². The van der Waals surface area contributed by atoms with Crippen LogP contribution in [0.15, 0.2) is 12.1 Å². The highest BCUT2D eigenvalue weighted by Crippen LogP contribution is 2.33. The summed E-state index contributed by atoms with van der Waals surface area (Å²) in [6.07, 6.45) is 0. The van der Waals surface area contributed by atoms with Crippen molar-refractivity contribution in [3.05, 3.63) is 38.7 Å². The third-order valence-electron chi connectivity index (χ3n) is 2.53. The summed E-state index contributed by atoms with van der Waals surface area (Å²) in [5.74, 6) is -0.0105. The summed E-state index contributed by atoms with van der Waals surface area (Å²) >= 11 is 6.98. The lowest BCUT2D eigenvalue weighted by molar-refractivity contribution is -0.383. The average molecular weight is 328 g/mol. The van der Waals surface area contributed by atoms with Gasteiger partial charge in [-0.3, -0.25) is 20.2 Å². The quantitative estimate of drug-likeness (QED) is 0.660. The largest absolute Gasteiger partial charge is 0.381 e. The molecule has 8 nitrogen and oxygen atoms in total. The standard InChI is InChI=1S/C11H10ClN5O3S/c1-5-14-11(21-16-5)15-10(18)6-3-7(12)9(13-2)8(4-6)17(19)20/h3-4,13H,1-2H3,(H,14,15,16,18). The van der Waals surface area contributed by atoms with Crippen LogP contribution in [0.5, 0.6) is 0 Å². The molecule has 0 aliphatic carbocycles. The Labute approximate surface area is 128 Å². The first-order valence-corrected chi connectivity index (χ1v) is 6.85. The molecular weight excluding hydrogens is 318 g/mol. The Hall–Kier alpha value is -2.26. The van der Waals surface area contributed by atoms with Crippen LogP contribution in [0.3, 0.4) is 0 Å². The molecule has 0 unspecified atom stereocenters. The molecule has 0 fully saturated rings. The zero-order valence-electron chi connectivity index (χ0n) is 11.0. The van der Waals surface area contributed by atoms with E-state index in [-0.39, 0.29) is 22.0 Å². The number of nitrogens with one attached hydrogen (secondary N) is 2. The molecule has 2 rings (SSSR count). The number of nitrogens with zero attached hydrogens (tertiary/aromatic N) is 3. The lowest BCUT2D eigenvalue weighted by Crippen LogP contribution is -2.12. The van der Waals surface area contributed by atoms with E-state index in [9.17, 15) is 14.9 Å². The number of hydrogen-bond acceptors (Lipinski definition) is 7. The predicted molar refractivity (Wildman–Crippen MR) is 80.3 cm³/mol. The van der Waals surface area contributed by atoms with E-state index < -0.39 is 10.8 Å². The smallest absolute Gasteiger partial charge is 0.294 e. The number of hydrogen-bond donors (Lipinski definition) is 2. The minimum absolute atomic E-state index is 0.0681. The van der Waals surface area contributed by atoms with Crippen LogP contribution >= 0.6 is 23.1 Å². The van der Waals surface area contributed by atoms with Crippen molar-refractivity contribution in [3.63, 3.8) is 0 Å². The zero-order valence-corrected chi connectivity index (χ0v) is 12.6. The van der Waals surface area contributed by atoms with Gasteiger partial charge in [-0.25, -0.2) is 4.98 Å². The molecule has 0 spiro atoms. The molecular formula is C11H10ClN5O3S. The number of halogens is 1. The summed E-state index contributed by atoms with van der Waals surface area (Å²) in [4.78, 5) is 26.5. The van der Waals surface area contributed by atoms with Crippen molar-refractivity contribution in [2.75, 3.05) is 17.7 Å². The molecule has 1 amide bonds. The first-order chi connectivity index (χ1) is 9.92. The molecule has 0 aliphatic rings. The molecule has 1 aromatic carbocycles. The highest BCUT2D eigenvalue weighted by atomic mass is 35.5. The first-order valence-electron chi connectivity index (χ1n) is 5.69. The van der Waals surface area contributed by atoms with Gasteiger partial charge in [0.25, 0.3) is 11.6 Å². The van der Waals surface area contributed by atoms with Crippen LogP contribution in [-0.2, 0) is 0 Å². The van der Waals surface area contributed by atoms with Crippen LogP contribution < -0.4 is 10.6 Å². The van der Waals surface area contributed by atoms with Gasteiger partial charge in [0.1, 0.15) is 11.5 Å². The van der Waals surface area contributed by atoms with E-state index in [0.29, 0.717) is 11.0 Å². The maximum absolute atomic E-state index is 12.1. The Bertz CT molecular complexity index is 718. The lowest BCUT2D eigenvalue weighted by Gasteiger charge is -2.07. The minimum Gasteiger partial charge on any atom is -0.381 e. The van der Waals surface area contributed by atoms with Gasteiger partial charge in [0.2, 0.25) is 5.13 Å². The Balaban J connectivity index is 2.35. The number of amides is 1. The van der Waals surface area contributed by atoms with E-state index in [1.165, 1.54) is 13.1 Å². The molecule has 0 bridgehead atoms. The molecule has 0 radical (unpaired) electrons. The predicted octanol–water partition coefficient (Wildman–Crippen LogP) is 2.70. The highest BCUT2D eigenvalue weighted by molar-refractivity contribution is 7.09. The van der Waals surface area contributed by atoms with Crippen molar-refractivity contribution in [3.8, 4) is 0 Å². The van der Waals surface area contributed by atoms with E-state index in [0.717, 1.165) is 17.6 Å². The number of nitro groups is 1. The zero-order chi connectivity index (χ0) is 15.6. The Morgan fingerprint density at radius 3 is 2.71 bits per heavy atom. The second-order valence-electron chi connectivity index (χ2n) is 3.96. The summed E-state index contributed by atoms with van der Waals surface area (Å²) in [7, 11) is 1.51. The number of aryl methyl sites for hydroxylation is 1. The number of carbonyl (C=O) groups excluding carboxylic acids is 1. The van der Waals surface area contributed by atoms with E-state index in [2.05, 4.69) is 20.0 Å². The maximum atomic E-state index is 12.1. The molecule has 110 valence electrons. The van der Waals surface area contributed by atoms with Crippen LogP contribution in [0, 0.1) is 17.0 Å². The number of benzene rings is 1. The van der Waals surface area contributed by atoms with Crippen molar-refractivity contribution in [2.45, 2.75) is 6.92 Å². The number of rotatable bonds is 4. The van der Waals surface area contributed by atoms with Gasteiger partial charge in [0.15, 0.2) is 0 Å². The summed E-state index contributed by atoms with van der Waals surface area (Å²) < 4.78 is 3.93. The van der Waals surface area contributed by atoms with E-state index in [1.807, 2.05) is 0 Å². The summed E-state index contributed by atoms with van der Waals surface area (Å²) in [6, 6.07) is 2.50. The van der Waals surface area contributed by atoms with Crippen LogP contribution in [0.2, 0.25) is 5.02 Å². The topological polar surface area (TPSA) is 110 Å². The molecule has 0 saturated carbocycles. The third kappa shape index (κ3) is 3.26. The molecule has 1 aromatic heterocycles. The molecule has 2 N–H and O–H groups in total. The molecule has 21 heavy (non-hydrogen) atoms. The second kappa shape index (κ2) is 6.02. The number of anilines is 2. The highest BCUT2D eigenvalue weighted by Gasteiger charge is 2.21. The van der Waals surface area contributed by atoms with Gasteiger partial charge in [-0.05, 0) is 13.0 Å². The summed E-state index contributed by atoms with van der Waals surface area (Å²) in [5.41, 5.74) is -0.0490. The lowest BCUT2D eigenvalue weighted by atomic mass is 10.1. The number of carbonyl (C=O) groups is 1. The monoisotopic (exact) mass is 327 g/mol. The molecule has 2 aromatic rings. The molecule has 1 heterocycles. The Kier molecular flexibility index (Phi) is 4.34. The van der Waals surface area contributed by atoms with Gasteiger partial charge in [-0.2, -0.15) is 4.37 Å². The van der Waals surface area contributed by atoms with E-state index in [4.69, 9.17) is 11.6 Å². The molecule has 0 atom stereocenters. The van der Waals surface area contributed by atoms with Gasteiger partial charge < -0.3 is 5.32 Å². The van der Waals surface area contributed by atoms with Gasteiger partial charge in [-0.15, -0.1) is 0 Å². The number of aromatic nitrogens is 2. The van der Waals surface area contributed by atoms with Crippen LogP contribution in [0.4, 0.5) is 16.5 Å².